The van der Waals surface area contributed by atoms with Crippen molar-refractivity contribution in [3.63, 3.8) is 0 Å². The molecule has 0 spiro atoms. The van der Waals surface area contributed by atoms with Gasteiger partial charge in [0.15, 0.2) is 0 Å². The molecule has 7 heteroatoms. The van der Waals surface area contributed by atoms with Gasteiger partial charge in [-0.05, 0) is 44.3 Å². The van der Waals surface area contributed by atoms with Gasteiger partial charge in [-0.25, -0.2) is 0 Å². The van der Waals surface area contributed by atoms with E-state index in [1.165, 1.54) is 17.1 Å². The first-order valence-corrected chi connectivity index (χ1v) is 9.22. The van der Waals surface area contributed by atoms with E-state index in [9.17, 15) is 4.79 Å². The second-order valence-electron chi connectivity index (χ2n) is 6.34. The van der Waals surface area contributed by atoms with Crippen LogP contribution in [0, 0.1) is 5.41 Å². The smallest absolute Gasteiger partial charge is 0.230 e. The van der Waals surface area contributed by atoms with Gasteiger partial charge >= 0.3 is 0 Å². The lowest BCUT2D eigenvalue weighted by Crippen LogP contribution is -2.47. The zero-order valence-corrected chi connectivity index (χ0v) is 15.1. The summed E-state index contributed by atoms with van der Waals surface area (Å²) in [6.07, 6.45) is 4.62. The van der Waals surface area contributed by atoms with Gasteiger partial charge in [-0.2, -0.15) is 4.37 Å². The molecule has 3 rings (SSSR count). The molecule has 1 amide bonds. The van der Waals surface area contributed by atoms with Crippen LogP contribution in [0.2, 0.25) is 0 Å². The summed E-state index contributed by atoms with van der Waals surface area (Å²) in [6, 6.07) is 1.80. The van der Waals surface area contributed by atoms with Crippen LogP contribution in [0.25, 0.3) is 0 Å². The number of hydrogen-bond donors (Lipinski definition) is 2. The van der Waals surface area contributed by atoms with Crippen molar-refractivity contribution in [3.05, 3.63) is 22.6 Å². The predicted molar refractivity (Wildman–Crippen MR) is 93.3 cm³/mol. The van der Waals surface area contributed by atoms with Crippen LogP contribution in [0.3, 0.4) is 0 Å². The van der Waals surface area contributed by atoms with Crippen LogP contribution in [-0.2, 0) is 9.53 Å². The normalized spacial score (nSPS) is 21.7. The van der Waals surface area contributed by atoms with Gasteiger partial charge in [-0.1, -0.05) is 11.6 Å². The van der Waals surface area contributed by atoms with Crippen molar-refractivity contribution in [2.24, 2.45) is 5.41 Å². The molecule has 24 heavy (non-hydrogen) atoms. The summed E-state index contributed by atoms with van der Waals surface area (Å²) in [5, 5.41) is 6.53. The standard InChI is InChI=1S/C17H25N3O3S/c1-12(14-11-15(22-2)20-24-14)19-16(21)17(5-9-23-10-6-17)13-3-7-18-8-4-13/h3,11-12,18H,4-10H2,1-2H3,(H,19,21). The second-order valence-corrected chi connectivity index (χ2v) is 7.18. The molecule has 3 heterocycles. The molecule has 0 aliphatic carbocycles. The fourth-order valence-electron chi connectivity index (χ4n) is 3.45. The summed E-state index contributed by atoms with van der Waals surface area (Å²) >= 11 is 1.37. The van der Waals surface area contributed by atoms with Gasteiger partial charge in [0.05, 0.1) is 23.4 Å². The van der Waals surface area contributed by atoms with Crippen LogP contribution in [0.5, 0.6) is 5.88 Å². The van der Waals surface area contributed by atoms with Gasteiger partial charge in [0.2, 0.25) is 11.8 Å². The van der Waals surface area contributed by atoms with Crippen molar-refractivity contribution in [2.75, 3.05) is 33.4 Å². The lowest BCUT2D eigenvalue weighted by atomic mass is 9.71. The molecule has 1 saturated heterocycles. The third-order valence-corrected chi connectivity index (χ3v) is 5.90. The van der Waals surface area contributed by atoms with E-state index in [-0.39, 0.29) is 11.9 Å². The van der Waals surface area contributed by atoms with E-state index in [4.69, 9.17) is 9.47 Å². The van der Waals surface area contributed by atoms with E-state index < -0.39 is 5.41 Å². The summed E-state index contributed by atoms with van der Waals surface area (Å²) in [4.78, 5) is 14.2. The van der Waals surface area contributed by atoms with Crippen molar-refractivity contribution in [1.29, 1.82) is 0 Å². The Morgan fingerprint density at radius 1 is 1.50 bits per heavy atom. The average Bonchev–Trinajstić information content (AvgIpc) is 3.12. The van der Waals surface area contributed by atoms with Crippen molar-refractivity contribution >= 4 is 17.4 Å². The quantitative estimate of drug-likeness (QED) is 0.795. The van der Waals surface area contributed by atoms with Crippen LogP contribution in [0.4, 0.5) is 0 Å². The largest absolute Gasteiger partial charge is 0.480 e. The number of amides is 1. The number of carbonyl (C=O) groups is 1. The minimum atomic E-state index is -0.427. The van der Waals surface area contributed by atoms with Crippen LogP contribution in [0.15, 0.2) is 17.7 Å². The Balaban J connectivity index is 1.77. The first-order chi connectivity index (χ1) is 11.7. The van der Waals surface area contributed by atoms with E-state index in [1.807, 2.05) is 13.0 Å². The maximum atomic E-state index is 13.2. The SMILES string of the molecule is COc1cc(C(C)NC(=O)C2(C3=CCNCC3)CCOCC2)sn1. The van der Waals surface area contributed by atoms with Crippen molar-refractivity contribution in [1.82, 2.24) is 15.0 Å². The van der Waals surface area contributed by atoms with Crippen molar-refractivity contribution < 1.29 is 14.3 Å². The third kappa shape index (κ3) is 3.48. The molecule has 2 aliphatic heterocycles. The lowest BCUT2D eigenvalue weighted by molar-refractivity contribution is -0.134. The topological polar surface area (TPSA) is 72.5 Å². The fraction of sp³-hybridized carbons (Fsp3) is 0.647. The maximum Gasteiger partial charge on any atom is 0.230 e. The molecule has 1 atom stereocenters. The number of rotatable bonds is 5. The number of methoxy groups -OCH3 is 1. The Bertz CT molecular complexity index is 608. The van der Waals surface area contributed by atoms with E-state index >= 15 is 0 Å². The number of carbonyl (C=O) groups excluding carboxylic acids is 1. The Kier molecular flexibility index (Phi) is 5.53. The molecule has 1 aromatic heterocycles. The van der Waals surface area contributed by atoms with Gasteiger partial charge < -0.3 is 20.1 Å². The van der Waals surface area contributed by atoms with E-state index in [1.54, 1.807) is 7.11 Å². The summed E-state index contributed by atoms with van der Waals surface area (Å²) in [6.45, 7) is 5.05. The molecular weight excluding hydrogens is 326 g/mol. The van der Waals surface area contributed by atoms with Gasteiger partial charge in [0.1, 0.15) is 0 Å². The number of nitrogens with zero attached hydrogens (tertiary/aromatic N) is 1. The molecule has 2 aliphatic rings. The molecule has 1 aromatic rings. The van der Waals surface area contributed by atoms with Gasteiger partial charge in [0.25, 0.3) is 0 Å². The van der Waals surface area contributed by atoms with Crippen LogP contribution < -0.4 is 15.4 Å². The zero-order valence-electron chi connectivity index (χ0n) is 14.3. The lowest BCUT2D eigenvalue weighted by Gasteiger charge is -2.40. The average molecular weight is 351 g/mol. The minimum absolute atomic E-state index is 0.0825. The van der Waals surface area contributed by atoms with Crippen LogP contribution in [0.1, 0.15) is 37.1 Å². The molecular formula is C17H25N3O3S. The number of nitrogens with one attached hydrogen (secondary N) is 2. The Morgan fingerprint density at radius 3 is 2.92 bits per heavy atom. The van der Waals surface area contributed by atoms with Gasteiger partial charge in [-0.3, -0.25) is 4.79 Å². The highest BCUT2D eigenvalue weighted by Gasteiger charge is 2.43. The highest BCUT2D eigenvalue weighted by Crippen LogP contribution is 2.41. The molecule has 132 valence electrons. The minimum Gasteiger partial charge on any atom is -0.480 e. The highest BCUT2D eigenvalue weighted by atomic mass is 32.1. The van der Waals surface area contributed by atoms with Gasteiger partial charge in [0, 0.05) is 25.8 Å². The Hall–Kier alpha value is -1.44. The zero-order chi connectivity index (χ0) is 17.0. The van der Waals surface area contributed by atoms with Crippen molar-refractivity contribution in [2.45, 2.75) is 32.2 Å². The summed E-state index contributed by atoms with van der Waals surface area (Å²) in [5.74, 6) is 0.705. The number of aromatic nitrogens is 1. The maximum absolute atomic E-state index is 13.2. The molecule has 1 fully saturated rings. The molecule has 0 radical (unpaired) electrons. The molecule has 1 unspecified atom stereocenters. The fourth-order valence-corrected chi connectivity index (χ4v) is 4.14. The number of hydrogen-bond acceptors (Lipinski definition) is 6. The first-order valence-electron chi connectivity index (χ1n) is 8.45. The monoisotopic (exact) mass is 351 g/mol. The molecule has 6 nitrogen and oxygen atoms in total. The van der Waals surface area contributed by atoms with Crippen LogP contribution >= 0.6 is 11.5 Å². The molecule has 0 aromatic carbocycles. The Morgan fingerprint density at radius 2 is 2.29 bits per heavy atom. The third-order valence-electron chi connectivity index (χ3n) is 4.95. The van der Waals surface area contributed by atoms with E-state index in [0.717, 1.165) is 37.2 Å². The molecule has 0 bridgehead atoms. The van der Waals surface area contributed by atoms with Crippen LogP contribution in [-0.4, -0.2) is 43.7 Å². The second kappa shape index (κ2) is 7.63. The van der Waals surface area contributed by atoms with Gasteiger partial charge in [-0.15, -0.1) is 0 Å². The predicted octanol–water partition coefficient (Wildman–Crippen LogP) is 2.05. The first kappa shape index (κ1) is 17.4. The van der Waals surface area contributed by atoms with Crippen molar-refractivity contribution in [3.8, 4) is 5.88 Å². The number of ether oxygens (including phenoxy) is 2. The Labute approximate surface area is 146 Å². The summed E-state index contributed by atoms with van der Waals surface area (Å²) in [7, 11) is 1.60. The van der Waals surface area contributed by atoms with E-state index in [0.29, 0.717) is 19.1 Å². The molecule has 2 N–H and O–H groups in total. The summed E-state index contributed by atoms with van der Waals surface area (Å²) < 4.78 is 14.9. The molecule has 0 saturated carbocycles. The highest BCUT2D eigenvalue weighted by molar-refractivity contribution is 7.06. The summed E-state index contributed by atoms with van der Waals surface area (Å²) in [5.41, 5.74) is 0.833. The van der Waals surface area contributed by atoms with E-state index in [2.05, 4.69) is 21.1 Å².